The largest absolute Gasteiger partial charge is 0.380 e. The number of hydrogen-bond acceptors (Lipinski definition) is 2. The fraction of sp³-hybridized carbons (Fsp3) is 0.429. The zero-order chi connectivity index (χ0) is 16.3. The van der Waals surface area contributed by atoms with E-state index in [9.17, 15) is 5.11 Å². The molecule has 0 aliphatic carbocycles. The predicted molar refractivity (Wildman–Crippen MR) is 95.3 cm³/mol. The summed E-state index contributed by atoms with van der Waals surface area (Å²) in [7, 11) is 0. The van der Waals surface area contributed by atoms with Gasteiger partial charge in [0, 0.05) is 12.6 Å². The molecule has 2 heteroatoms. The minimum Gasteiger partial charge on any atom is -0.380 e. The van der Waals surface area contributed by atoms with Crippen molar-refractivity contribution in [2.24, 2.45) is 5.92 Å². The second-order valence-electron chi connectivity index (χ2n) is 7.04. The van der Waals surface area contributed by atoms with Crippen LogP contribution in [-0.2, 0) is 5.60 Å². The molecule has 1 aliphatic heterocycles. The van der Waals surface area contributed by atoms with E-state index in [4.69, 9.17) is 0 Å². The Morgan fingerprint density at radius 2 is 1.52 bits per heavy atom. The maximum atomic E-state index is 11.6. The Bertz CT molecular complexity index is 569. The predicted octanol–water partition coefficient (Wildman–Crippen LogP) is 4.04. The number of rotatable bonds is 5. The van der Waals surface area contributed by atoms with E-state index < -0.39 is 5.60 Å². The van der Waals surface area contributed by atoms with Crippen molar-refractivity contribution in [3.8, 4) is 0 Å². The zero-order valence-electron chi connectivity index (χ0n) is 14.2. The van der Waals surface area contributed by atoms with Gasteiger partial charge in [-0.05, 0) is 50.3 Å². The Morgan fingerprint density at radius 3 is 1.96 bits per heavy atom. The number of nitrogens with zero attached hydrogens (tertiary/aromatic N) is 1. The molecular weight excluding hydrogens is 282 g/mol. The van der Waals surface area contributed by atoms with E-state index in [2.05, 4.69) is 18.7 Å². The van der Waals surface area contributed by atoms with Crippen LogP contribution >= 0.6 is 0 Å². The van der Waals surface area contributed by atoms with Crippen molar-refractivity contribution in [2.75, 3.05) is 13.1 Å². The Kier molecular flexibility index (Phi) is 4.84. The first-order valence-electron chi connectivity index (χ1n) is 8.67. The third-order valence-electron chi connectivity index (χ3n) is 5.13. The summed E-state index contributed by atoms with van der Waals surface area (Å²) in [5, 5.41) is 11.6. The van der Waals surface area contributed by atoms with Gasteiger partial charge in [-0.15, -0.1) is 0 Å². The van der Waals surface area contributed by atoms with Gasteiger partial charge in [0.25, 0.3) is 0 Å². The SMILES string of the molecule is CC(C)N1CC[C@@H](CC(O)(c2ccccc2)c2ccccc2)C1. The lowest BCUT2D eigenvalue weighted by atomic mass is 9.79. The molecular formula is C21H27NO. The van der Waals surface area contributed by atoms with Crippen LogP contribution in [0.15, 0.2) is 60.7 Å². The Hall–Kier alpha value is -1.64. The lowest BCUT2D eigenvalue weighted by Gasteiger charge is -2.32. The molecule has 2 aromatic rings. The molecule has 1 atom stereocenters. The first-order valence-corrected chi connectivity index (χ1v) is 8.67. The van der Waals surface area contributed by atoms with Crippen LogP contribution in [-0.4, -0.2) is 29.1 Å². The van der Waals surface area contributed by atoms with Crippen LogP contribution in [0.4, 0.5) is 0 Å². The standard InChI is InChI=1S/C21H27NO/c1-17(2)22-14-13-18(16-22)15-21(23,19-9-5-3-6-10-19)20-11-7-4-8-12-20/h3-12,17-18,23H,13-16H2,1-2H3/t18-/m0/s1. The van der Waals surface area contributed by atoms with Gasteiger partial charge in [0.15, 0.2) is 0 Å². The third kappa shape index (κ3) is 3.49. The van der Waals surface area contributed by atoms with Gasteiger partial charge >= 0.3 is 0 Å². The van der Waals surface area contributed by atoms with E-state index in [1.807, 2.05) is 60.7 Å². The molecule has 0 radical (unpaired) electrons. The molecule has 3 rings (SSSR count). The van der Waals surface area contributed by atoms with Gasteiger partial charge in [0.1, 0.15) is 5.60 Å². The Labute approximate surface area is 139 Å². The van der Waals surface area contributed by atoms with Gasteiger partial charge in [0.2, 0.25) is 0 Å². The van der Waals surface area contributed by atoms with Gasteiger partial charge in [-0.25, -0.2) is 0 Å². The fourth-order valence-electron chi connectivity index (χ4n) is 3.75. The molecule has 2 aromatic carbocycles. The summed E-state index contributed by atoms with van der Waals surface area (Å²) in [5.41, 5.74) is 1.09. The molecule has 0 amide bonds. The highest BCUT2D eigenvalue weighted by Crippen LogP contribution is 2.38. The minimum absolute atomic E-state index is 0.530. The average molecular weight is 309 g/mol. The monoisotopic (exact) mass is 309 g/mol. The quantitative estimate of drug-likeness (QED) is 0.901. The lowest BCUT2D eigenvalue weighted by molar-refractivity contribution is 0.0526. The highest BCUT2D eigenvalue weighted by molar-refractivity contribution is 5.36. The minimum atomic E-state index is -0.903. The molecule has 0 aromatic heterocycles. The first kappa shape index (κ1) is 16.2. The Morgan fingerprint density at radius 1 is 1.00 bits per heavy atom. The molecule has 2 nitrogen and oxygen atoms in total. The molecule has 1 aliphatic rings. The van der Waals surface area contributed by atoms with Crippen molar-refractivity contribution in [2.45, 2.75) is 38.3 Å². The smallest absolute Gasteiger partial charge is 0.115 e. The van der Waals surface area contributed by atoms with E-state index in [0.29, 0.717) is 12.0 Å². The molecule has 0 bridgehead atoms. The molecule has 0 unspecified atom stereocenters. The fourth-order valence-corrected chi connectivity index (χ4v) is 3.75. The lowest BCUT2D eigenvalue weighted by Crippen LogP contribution is -2.33. The van der Waals surface area contributed by atoms with Crippen LogP contribution in [0, 0.1) is 5.92 Å². The molecule has 1 fully saturated rings. The van der Waals surface area contributed by atoms with Crippen LogP contribution in [0.5, 0.6) is 0 Å². The molecule has 1 saturated heterocycles. The van der Waals surface area contributed by atoms with E-state index in [1.54, 1.807) is 0 Å². The number of likely N-dealkylation sites (tertiary alicyclic amines) is 1. The highest BCUT2D eigenvalue weighted by Gasteiger charge is 2.36. The van der Waals surface area contributed by atoms with Crippen molar-refractivity contribution in [3.05, 3.63) is 71.8 Å². The topological polar surface area (TPSA) is 23.5 Å². The molecule has 1 heterocycles. The molecule has 122 valence electrons. The molecule has 1 N–H and O–H groups in total. The zero-order valence-corrected chi connectivity index (χ0v) is 14.2. The summed E-state index contributed by atoms with van der Waals surface area (Å²) < 4.78 is 0. The van der Waals surface area contributed by atoms with Crippen molar-refractivity contribution < 1.29 is 5.11 Å². The maximum absolute atomic E-state index is 11.6. The van der Waals surface area contributed by atoms with E-state index >= 15 is 0 Å². The van der Waals surface area contributed by atoms with Gasteiger partial charge in [-0.1, -0.05) is 60.7 Å². The summed E-state index contributed by atoms with van der Waals surface area (Å²) in [6.07, 6.45) is 1.95. The molecule has 23 heavy (non-hydrogen) atoms. The van der Waals surface area contributed by atoms with Crippen LogP contribution < -0.4 is 0 Å². The number of hydrogen-bond donors (Lipinski definition) is 1. The van der Waals surface area contributed by atoms with Crippen LogP contribution in [0.3, 0.4) is 0 Å². The van der Waals surface area contributed by atoms with Crippen molar-refractivity contribution in [1.82, 2.24) is 4.90 Å². The van der Waals surface area contributed by atoms with E-state index in [0.717, 1.165) is 30.6 Å². The summed E-state index contributed by atoms with van der Waals surface area (Å²) >= 11 is 0. The van der Waals surface area contributed by atoms with Crippen molar-refractivity contribution >= 4 is 0 Å². The van der Waals surface area contributed by atoms with Gasteiger partial charge in [0.05, 0.1) is 0 Å². The van der Waals surface area contributed by atoms with Gasteiger partial charge in [-0.3, -0.25) is 0 Å². The van der Waals surface area contributed by atoms with E-state index in [-0.39, 0.29) is 0 Å². The summed E-state index contributed by atoms with van der Waals surface area (Å²) in [4.78, 5) is 2.51. The Balaban J connectivity index is 1.88. The summed E-state index contributed by atoms with van der Waals surface area (Å²) in [6.45, 7) is 6.73. The van der Waals surface area contributed by atoms with Crippen LogP contribution in [0.1, 0.15) is 37.8 Å². The number of aliphatic hydroxyl groups is 1. The second kappa shape index (κ2) is 6.86. The number of benzene rings is 2. The third-order valence-corrected chi connectivity index (χ3v) is 5.13. The highest BCUT2D eigenvalue weighted by atomic mass is 16.3. The van der Waals surface area contributed by atoms with E-state index in [1.165, 1.54) is 6.42 Å². The van der Waals surface area contributed by atoms with Gasteiger partial charge < -0.3 is 10.0 Å². The van der Waals surface area contributed by atoms with Crippen LogP contribution in [0.2, 0.25) is 0 Å². The summed E-state index contributed by atoms with van der Waals surface area (Å²) in [5.74, 6) is 0.530. The normalized spacial score (nSPS) is 19.4. The van der Waals surface area contributed by atoms with Crippen LogP contribution in [0.25, 0.3) is 0 Å². The molecule has 0 saturated carbocycles. The second-order valence-corrected chi connectivity index (χ2v) is 7.04. The maximum Gasteiger partial charge on any atom is 0.115 e. The average Bonchev–Trinajstić information content (AvgIpc) is 3.05. The van der Waals surface area contributed by atoms with Crippen molar-refractivity contribution in [1.29, 1.82) is 0 Å². The van der Waals surface area contributed by atoms with Gasteiger partial charge in [-0.2, -0.15) is 0 Å². The molecule has 0 spiro atoms. The first-order chi connectivity index (χ1) is 11.1. The van der Waals surface area contributed by atoms with Crippen molar-refractivity contribution in [3.63, 3.8) is 0 Å². The summed E-state index contributed by atoms with van der Waals surface area (Å²) in [6, 6.07) is 20.8.